The van der Waals surface area contributed by atoms with Gasteiger partial charge in [-0.2, -0.15) is 0 Å². The smallest absolute Gasteiger partial charge is 0.222 e. The Kier molecular flexibility index (Phi) is 4.39. The second-order valence-electron chi connectivity index (χ2n) is 4.02. The summed E-state index contributed by atoms with van der Waals surface area (Å²) in [6, 6.07) is 3.89. The zero-order valence-electron chi connectivity index (χ0n) is 10.7. The molecule has 0 amide bonds. The topological polar surface area (TPSA) is 63.6 Å². The third-order valence-electron chi connectivity index (χ3n) is 2.63. The molecule has 0 radical (unpaired) electrons. The van der Waals surface area contributed by atoms with Crippen molar-refractivity contribution in [3.8, 4) is 0 Å². The average molecular weight is 303 g/mol. The standard InChI is InChI=1S/C13H13N5S2/c1-4-14-13(15-5-1)16-6-2-7-19-11-10-3-8-20-12(10)18-9-17-11/h1,3-5,8-9H,2,6-7H2,(H,14,15,16). The van der Waals surface area contributed by atoms with Crippen LogP contribution in [0.3, 0.4) is 0 Å². The highest BCUT2D eigenvalue weighted by Gasteiger charge is 2.04. The van der Waals surface area contributed by atoms with Crippen molar-refractivity contribution in [3.63, 3.8) is 0 Å². The molecular formula is C13H13N5S2. The minimum Gasteiger partial charge on any atom is -0.354 e. The Balaban J connectivity index is 1.47. The Morgan fingerprint density at radius 3 is 2.95 bits per heavy atom. The maximum Gasteiger partial charge on any atom is 0.222 e. The number of hydrogen-bond acceptors (Lipinski definition) is 7. The van der Waals surface area contributed by atoms with E-state index in [-0.39, 0.29) is 0 Å². The van der Waals surface area contributed by atoms with E-state index < -0.39 is 0 Å². The Bertz CT molecular complexity index is 671. The molecule has 0 aliphatic rings. The van der Waals surface area contributed by atoms with Gasteiger partial charge in [0.05, 0.1) is 0 Å². The molecule has 102 valence electrons. The van der Waals surface area contributed by atoms with Gasteiger partial charge in [-0.1, -0.05) is 0 Å². The number of thioether (sulfide) groups is 1. The second-order valence-corrected chi connectivity index (χ2v) is 6.00. The number of thiophene rings is 1. The van der Waals surface area contributed by atoms with E-state index in [2.05, 4.69) is 36.7 Å². The number of anilines is 1. The lowest BCUT2D eigenvalue weighted by atomic mass is 10.4. The van der Waals surface area contributed by atoms with Gasteiger partial charge in [-0.25, -0.2) is 19.9 Å². The average Bonchev–Trinajstić information content (AvgIpc) is 2.97. The zero-order valence-corrected chi connectivity index (χ0v) is 12.3. The summed E-state index contributed by atoms with van der Waals surface area (Å²) in [7, 11) is 0. The lowest BCUT2D eigenvalue weighted by molar-refractivity contribution is 0.959. The number of hydrogen-bond donors (Lipinski definition) is 1. The third-order valence-corrected chi connectivity index (χ3v) is 4.55. The van der Waals surface area contributed by atoms with Crippen molar-refractivity contribution in [1.82, 2.24) is 19.9 Å². The van der Waals surface area contributed by atoms with Crippen molar-refractivity contribution in [2.45, 2.75) is 11.4 Å². The fourth-order valence-electron chi connectivity index (χ4n) is 1.71. The highest BCUT2D eigenvalue weighted by atomic mass is 32.2. The van der Waals surface area contributed by atoms with Crippen LogP contribution in [-0.2, 0) is 0 Å². The van der Waals surface area contributed by atoms with Gasteiger partial charge in [-0.3, -0.25) is 0 Å². The van der Waals surface area contributed by atoms with Crippen molar-refractivity contribution in [2.75, 3.05) is 17.6 Å². The van der Waals surface area contributed by atoms with Crippen LogP contribution in [0.4, 0.5) is 5.95 Å². The fourth-order valence-corrected chi connectivity index (χ4v) is 3.44. The van der Waals surface area contributed by atoms with E-state index >= 15 is 0 Å². The highest BCUT2D eigenvalue weighted by molar-refractivity contribution is 7.99. The maximum absolute atomic E-state index is 4.35. The van der Waals surface area contributed by atoms with E-state index in [1.54, 1.807) is 41.8 Å². The van der Waals surface area contributed by atoms with Crippen LogP contribution < -0.4 is 5.32 Å². The van der Waals surface area contributed by atoms with Crippen LogP contribution >= 0.6 is 23.1 Å². The van der Waals surface area contributed by atoms with Gasteiger partial charge in [0.25, 0.3) is 0 Å². The lowest BCUT2D eigenvalue weighted by Crippen LogP contribution is -2.05. The molecule has 3 rings (SSSR count). The van der Waals surface area contributed by atoms with Crippen LogP contribution in [0.1, 0.15) is 6.42 Å². The second kappa shape index (κ2) is 6.62. The van der Waals surface area contributed by atoms with Crippen molar-refractivity contribution >= 4 is 39.3 Å². The highest BCUT2D eigenvalue weighted by Crippen LogP contribution is 2.27. The molecule has 7 heteroatoms. The molecule has 0 aromatic carbocycles. The molecule has 0 spiro atoms. The minimum absolute atomic E-state index is 0.680. The van der Waals surface area contributed by atoms with Crippen LogP contribution in [-0.4, -0.2) is 32.2 Å². The van der Waals surface area contributed by atoms with Crippen molar-refractivity contribution in [3.05, 3.63) is 36.2 Å². The van der Waals surface area contributed by atoms with Crippen molar-refractivity contribution in [2.24, 2.45) is 0 Å². The zero-order chi connectivity index (χ0) is 13.6. The molecule has 0 atom stereocenters. The molecule has 5 nitrogen and oxygen atoms in total. The monoisotopic (exact) mass is 303 g/mol. The van der Waals surface area contributed by atoms with Crippen LogP contribution in [0.15, 0.2) is 41.3 Å². The molecule has 0 fully saturated rings. The van der Waals surface area contributed by atoms with E-state index in [9.17, 15) is 0 Å². The van der Waals surface area contributed by atoms with Crippen LogP contribution in [0, 0.1) is 0 Å². The molecule has 3 aromatic rings. The third kappa shape index (κ3) is 3.23. The number of rotatable bonds is 6. The Morgan fingerprint density at radius 2 is 2.05 bits per heavy atom. The van der Waals surface area contributed by atoms with Gasteiger partial charge in [-0.05, 0) is 23.9 Å². The first-order valence-electron chi connectivity index (χ1n) is 6.25. The molecule has 0 saturated heterocycles. The first kappa shape index (κ1) is 13.3. The molecule has 3 heterocycles. The van der Waals surface area contributed by atoms with Gasteiger partial charge in [0.2, 0.25) is 5.95 Å². The Morgan fingerprint density at radius 1 is 1.15 bits per heavy atom. The number of nitrogens with zero attached hydrogens (tertiary/aromatic N) is 4. The first-order valence-corrected chi connectivity index (χ1v) is 8.12. The summed E-state index contributed by atoms with van der Waals surface area (Å²) in [5.74, 6) is 1.68. The molecule has 0 unspecified atom stereocenters. The summed E-state index contributed by atoms with van der Waals surface area (Å²) in [6.07, 6.45) is 6.13. The molecule has 0 bridgehead atoms. The predicted molar refractivity (Wildman–Crippen MR) is 83.3 cm³/mol. The first-order chi connectivity index (χ1) is 9.93. The van der Waals surface area contributed by atoms with Crippen LogP contribution in [0.5, 0.6) is 0 Å². The lowest BCUT2D eigenvalue weighted by Gasteiger charge is -2.04. The Labute approximate surface area is 124 Å². The molecule has 0 saturated carbocycles. The van der Waals surface area contributed by atoms with Crippen LogP contribution in [0.25, 0.3) is 10.2 Å². The van der Waals surface area contributed by atoms with Gasteiger partial charge in [-0.15, -0.1) is 23.1 Å². The van der Waals surface area contributed by atoms with E-state index in [1.165, 1.54) is 0 Å². The quantitative estimate of drug-likeness (QED) is 0.429. The van der Waals surface area contributed by atoms with Gasteiger partial charge in [0.15, 0.2) is 0 Å². The van der Waals surface area contributed by atoms with Gasteiger partial charge in [0.1, 0.15) is 16.2 Å². The number of fused-ring (bicyclic) bond motifs is 1. The van der Waals surface area contributed by atoms with E-state index in [0.29, 0.717) is 5.95 Å². The predicted octanol–water partition coefficient (Wildman–Crippen LogP) is 3.08. The van der Waals surface area contributed by atoms with E-state index in [4.69, 9.17) is 0 Å². The summed E-state index contributed by atoms with van der Waals surface area (Å²) < 4.78 is 0. The van der Waals surface area contributed by atoms with Crippen LogP contribution in [0.2, 0.25) is 0 Å². The van der Waals surface area contributed by atoms with Crippen molar-refractivity contribution in [1.29, 1.82) is 0 Å². The van der Waals surface area contributed by atoms with Gasteiger partial charge >= 0.3 is 0 Å². The summed E-state index contributed by atoms with van der Waals surface area (Å²) in [5, 5.41) is 7.47. The molecule has 0 aliphatic carbocycles. The van der Waals surface area contributed by atoms with E-state index in [0.717, 1.165) is 34.0 Å². The number of nitrogens with one attached hydrogen (secondary N) is 1. The largest absolute Gasteiger partial charge is 0.354 e. The van der Waals surface area contributed by atoms with E-state index in [1.807, 2.05) is 6.07 Å². The van der Waals surface area contributed by atoms with Gasteiger partial charge in [0, 0.05) is 30.1 Å². The van der Waals surface area contributed by atoms with Crippen molar-refractivity contribution < 1.29 is 0 Å². The molecule has 0 aliphatic heterocycles. The molecule has 3 aromatic heterocycles. The SMILES string of the molecule is c1cnc(NCCCSc2ncnc3sccc23)nc1. The summed E-state index contributed by atoms with van der Waals surface area (Å²) in [6.45, 7) is 0.856. The molecule has 1 N–H and O–H groups in total. The molecular weight excluding hydrogens is 290 g/mol. The summed E-state index contributed by atoms with van der Waals surface area (Å²) in [4.78, 5) is 17.9. The normalized spacial score (nSPS) is 10.8. The minimum atomic E-state index is 0.680. The summed E-state index contributed by atoms with van der Waals surface area (Å²) >= 11 is 3.41. The molecule has 20 heavy (non-hydrogen) atoms. The number of aromatic nitrogens is 4. The fraction of sp³-hybridized carbons (Fsp3) is 0.231. The summed E-state index contributed by atoms with van der Waals surface area (Å²) in [5.41, 5.74) is 0. The van der Waals surface area contributed by atoms with Gasteiger partial charge < -0.3 is 5.32 Å². The maximum atomic E-state index is 4.35. The Hall–Kier alpha value is -1.73.